The summed E-state index contributed by atoms with van der Waals surface area (Å²) >= 11 is 0. The fourth-order valence-corrected chi connectivity index (χ4v) is 4.93. The normalized spacial score (nSPS) is 14.8. The van der Waals surface area contributed by atoms with Crippen LogP contribution in [0.15, 0.2) is 109 Å². The van der Waals surface area contributed by atoms with E-state index in [9.17, 15) is 22.9 Å². The zero-order valence-corrected chi connectivity index (χ0v) is 29.2. The van der Waals surface area contributed by atoms with Gasteiger partial charge in [0.2, 0.25) is 5.91 Å². The van der Waals surface area contributed by atoms with E-state index >= 15 is 0 Å². The maximum Gasteiger partial charge on any atom is 0.267 e. The summed E-state index contributed by atoms with van der Waals surface area (Å²) in [5.41, 5.74) is 0. The van der Waals surface area contributed by atoms with E-state index in [1.54, 1.807) is 6.08 Å². The second kappa shape index (κ2) is 32.0. The van der Waals surface area contributed by atoms with Crippen LogP contribution in [0.3, 0.4) is 0 Å². The number of carbonyl (C=O) groups excluding carboxylic acids is 1. The first-order valence-corrected chi connectivity index (χ1v) is 18.7. The molecule has 0 aromatic rings. The van der Waals surface area contributed by atoms with Crippen LogP contribution in [-0.2, 0) is 14.9 Å². The average Bonchev–Trinajstić information content (AvgIpc) is 3.01. The van der Waals surface area contributed by atoms with E-state index in [1.165, 1.54) is 6.08 Å². The Morgan fingerprint density at radius 3 is 1.46 bits per heavy atom. The molecular formula is C39H61NO5S. The van der Waals surface area contributed by atoms with E-state index in [4.69, 9.17) is 0 Å². The molecule has 0 radical (unpaired) electrons. The molecule has 0 saturated carbocycles. The van der Waals surface area contributed by atoms with Crippen molar-refractivity contribution in [2.75, 3.05) is 5.75 Å². The third-order valence-corrected chi connectivity index (χ3v) is 7.45. The Hall–Kier alpha value is -3.00. The van der Waals surface area contributed by atoms with Gasteiger partial charge in [0.25, 0.3) is 10.1 Å². The first-order valence-electron chi connectivity index (χ1n) is 17.1. The summed E-state index contributed by atoms with van der Waals surface area (Å²) in [6, 6.07) is -1.11. The molecule has 0 spiro atoms. The number of hydrogen-bond donors (Lipinski definition) is 3. The lowest BCUT2D eigenvalue weighted by atomic mass is 10.1. The molecule has 2 unspecified atom stereocenters. The Morgan fingerprint density at radius 1 is 0.587 bits per heavy atom. The van der Waals surface area contributed by atoms with Crippen molar-refractivity contribution in [2.24, 2.45) is 0 Å². The van der Waals surface area contributed by atoms with Gasteiger partial charge in [0.05, 0.1) is 17.9 Å². The lowest BCUT2D eigenvalue weighted by Crippen LogP contribution is -2.46. The van der Waals surface area contributed by atoms with Crippen LogP contribution in [0.1, 0.15) is 110 Å². The maximum absolute atomic E-state index is 12.4. The van der Waals surface area contributed by atoms with E-state index in [-0.39, 0.29) is 12.3 Å². The summed E-state index contributed by atoms with van der Waals surface area (Å²) in [5, 5.41) is 13.0. The van der Waals surface area contributed by atoms with Gasteiger partial charge in [-0.1, -0.05) is 123 Å². The summed E-state index contributed by atoms with van der Waals surface area (Å²) in [5.74, 6) is -1.09. The highest BCUT2D eigenvalue weighted by atomic mass is 32.2. The number of allylic oxidation sites excluding steroid dienone is 17. The first-order chi connectivity index (χ1) is 22.3. The van der Waals surface area contributed by atoms with Crippen molar-refractivity contribution in [2.45, 2.75) is 122 Å². The number of amides is 1. The highest BCUT2D eigenvalue weighted by Gasteiger charge is 2.24. The Bertz CT molecular complexity index is 1120. The quantitative estimate of drug-likeness (QED) is 0.0442. The smallest absolute Gasteiger partial charge is 0.267 e. The molecule has 0 aromatic heterocycles. The van der Waals surface area contributed by atoms with E-state index in [2.05, 4.69) is 116 Å². The molecule has 0 aliphatic carbocycles. The summed E-state index contributed by atoms with van der Waals surface area (Å²) in [6.45, 7) is 4.25. The molecule has 0 aromatic carbocycles. The number of nitrogens with one attached hydrogen (secondary N) is 1. The fourth-order valence-electron chi connectivity index (χ4n) is 4.19. The lowest BCUT2D eigenvalue weighted by molar-refractivity contribution is -0.122. The van der Waals surface area contributed by atoms with Gasteiger partial charge in [-0.25, -0.2) is 0 Å². The molecule has 6 nitrogen and oxygen atoms in total. The van der Waals surface area contributed by atoms with Crippen LogP contribution in [0.5, 0.6) is 0 Å². The van der Waals surface area contributed by atoms with E-state index in [0.717, 1.165) is 77.0 Å². The third-order valence-electron chi connectivity index (χ3n) is 6.67. The molecule has 0 aliphatic heterocycles. The molecule has 1 amide bonds. The number of rotatable bonds is 28. The first kappa shape index (κ1) is 43.0. The number of aliphatic hydroxyl groups excluding tert-OH is 1. The highest BCUT2D eigenvalue weighted by molar-refractivity contribution is 7.85. The topological polar surface area (TPSA) is 104 Å². The van der Waals surface area contributed by atoms with Gasteiger partial charge in [0, 0.05) is 6.42 Å². The van der Waals surface area contributed by atoms with Crippen molar-refractivity contribution in [1.29, 1.82) is 0 Å². The van der Waals surface area contributed by atoms with Gasteiger partial charge in [-0.05, 0) is 89.9 Å². The second-order valence-electron chi connectivity index (χ2n) is 11.0. The Labute approximate surface area is 281 Å². The molecule has 0 saturated heterocycles. The zero-order chi connectivity index (χ0) is 34.0. The molecule has 0 aliphatic rings. The van der Waals surface area contributed by atoms with E-state index < -0.39 is 28.0 Å². The molecule has 258 valence electrons. The SMILES string of the molecule is CC/C=C\C/C=C\C/C=C\C/C=C\C/C=C\C/C=C\CCCCC(=O)NC(CS(=O)(=O)O)C(O)/C=C/CC/C=C/CC/C=C/CC. The molecule has 46 heavy (non-hydrogen) atoms. The maximum atomic E-state index is 12.4. The summed E-state index contributed by atoms with van der Waals surface area (Å²) < 4.78 is 32.2. The second-order valence-corrected chi connectivity index (χ2v) is 12.5. The van der Waals surface area contributed by atoms with Crippen molar-refractivity contribution >= 4 is 16.0 Å². The van der Waals surface area contributed by atoms with Crippen LogP contribution in [0.25, 0.3) is 0 Å². The minimum Gasteiger partial charge on any atom is -0.387 e. The lowest BCUT2D eigenvalue weighted by Gasteiger charge is -2.21. The minimum atomic E-state index is -4.37. The molecule has 0 heterocycles. The molecule has 2 atom stereocenters. The molecule has 3 N–H and O–H groups in total. The highest BCUT2D eigenvalue weighted by Crippen LogP contribution is 2.07. The van der Waals surface area contributed by atoms with Crippen molar-refractivity contribution in [3.05, 3.63) is 109 Å². The Balaban J connectivity index is 4.17. The van der Waals surface area contributed by atoms with Gasteiger partial charge >= 0.3 is 0 Å². The monoisotopic (exact) mass is 655 g/mol. The molecule has 0 rings (SSSR count). The molecule has 0 fully saturated rings. The van der Waals surface area contributed by atoms with Crippen molar-refractivity contribution in [3.63, 3.8) is 0 Å². The minimum absolute atomic E-state index is 0.221. The zero-order valence-electron chi connectivity index (χ0n) is 28.4. The third kappa shape index (κ3) is 32.4. The average molecular weight is 656 g/mol. The van der Waals surface area contributed by atoms with E-state index in [1.807, 2.05) is 0 Å². The molecular weight excluding hydrogens is 594 g/mol. The number of unbranched alkanes of at least 4 members (excludes halogenated alkanes) is 4. The van der Waals surface area contributed by atoms with Crippen molar-refractivity contribution in [3.8, 4) is 0 Å². The van der Waals surface area contributed by atoms with E-state index in [0.29, 0.717) is 12.8 Å². The summed E-state index contributed by atoms with van der Waals surface area (Å²) in [7, 11) is -4.37. The van der Waals surface area contributed by atoms with Crippen LogP contribution >= 0.6 is 0 Å². The van der Waals surface area contributed by atoms with Crippen LogP contribution in [0, 0.1) is 0 Å². The van der Waals surface area contributed by atoms with Gasteiger partial charge in [-0.3, -0.25) is 9.35 Å². The van der Waals surface area contributed by atoms with Gasteiger partial charge in [-0.2, -0.15) is 8.42 Å². The van der Waals surface area contributed by atoms with Crippen LogP contribution in [-0.4, -0.2) is 41.9 Å². The van der Waals surface area contributed by atoms with Gasteiger partial charge in [0.15, 0.2) is 0 Å². The van der Waals surface area contributed by atoms with Gasteiger partial charge in [0.1, 0.15) is 0 Å². The predicted molar refractivity (Wildman–Crippen MR) is 197 cm³/mol. The number of aliphatic hydroxyl groups is 1. The van der Waals surface area contributed by atoms with Crippen LogP contribution in [0.2, 0.25) is 0 Å². The largest absolute Gasteiger partial charge is 0.387 e. The Kier molecular flexibility index (Phi) is 29.9. The molecule has 7 heteroatoms. The van der Waals surface area contributed by atoms with Crippen LogP contribution in [0.4, 0.5) is 0 Å². The van der Waals surface area contributed by atoms with Crippen LogP contribution < -0.4 is 5.32 Å². The summed E-state index contributed by atoms with van der Waals surface area (Å²) in [6.07, 6.45) is 49.4. The van der Waals surface area contributed by atoms with Crippen molar-refractivity contribution in [1.82, 2.24) is 5.32 Å². The van der Waals surface area contributed by atoms with Gasteiger partial charge < -0.3 is 10.4 Å². The molecule has 0 bridgehead atoms. The Morgan fingerprint density at radius 2 is 0.978 bits per heavy atom. The van der Waals surface area contributed by atoms with Gasteiger partial charge in [-0.15, -0.1) is 0 Å². The predicted octanol–water partition coefficient (Wildman–Crippen LogP) is 9.62. The standard InChI is InChI=1S/C39H61NO5S/c1-3-5-7-9-11-13-15-16-17-18-19-20-21-22-23-24-25-27-29-31-33-35-39(42)40-37(36-46(43,44)45)38(41)34-32-30-28-26-14-12-10-8-6-4-2/h5-8,11,13-14,16-17,19-20,22-23,25-27,32,34,37-38,41H,3-4,9-10,12,15,18,21,24,28-31,33,35-36H2,1-2H3,(H,40,42)(H,43,44,45)/b7-5-,8-6+,13-11-,17-16-,20-19-,23-22-,26-14+,27-25-,34-32+. The van der Waals surface area contributed by atoms with Crippen molar-refractivity contribution < 1.29 is 22.9 Å². The number of carbonyl (C=O) groups is 1. The number of hydrogen-bond acceptors (Lipinski definition) is 4. The summed E-state index contributed by atoms with van der Waals surface area (Å²) in [4.78, 5) is 12.4. The fraction of sp³-hybridized carbons (Fsp3) is 0.513.